The zero-order valence-corrected chi connectivity index (χ0v) is 12.1. The van der Waals surface area contributed by atoms with Crippen molar-refractivity contribution in [1.82, 2.24) is 10.2 Å². The third-order valence-corrected chi connectivity index (χ3v) is 4.96. The highest BCUT2D eigenvalue weighted by Crippen LogP contribution is 2.35. The van der Waals surface area contributed by atoms with Crippen molar-refractivity contribution in [3.8, 4) is 0 Å². The number of carbonyl (C=O) groups is 2. The predicted molar refractivity (Wildman–Crippen MR) is 74.0 cm³/mol. The maximum absolute atomic E-state index is 12.5. The minimum Gasteiger partial charge on any atom is -0.342 e. The van der Waals surface area contributed by atoms with Crippen LogP contribution in [0.25, 0.3) is 0 Å². The Kier molecular flexibility index (Phi) is 3.27. The van der Waals surface area contributed by atoms with Gasteiger partial charge in [-0.3, -0.25) is 9.59 Å². The molecule has 4 nitrogen and oxygen atoms in total. The molecule has 2 amide bonds. The van der Waals surface area contributed by atoms with Crippen molar-refractivity contribution in [1.29, 1.82) is 0 Å². The number of amides is 2. The van der Waals surface area contributed by atoms with E-state index in [-0.39, 0.29) is 17.9 Å². The molecule has 1 N–H and O–H groups in total. The Morgan fingerprint density at radius 2 is 2.16 bits per heavy atom. The number of nitrogens with one attached hydrogen (secondary N) is 1. The third-order valence-electron chi connectivity index (χ3n) is 3.74. The molecule has 2 atom stereocenters. The summed E-state index contributed by atoms with van der Waals surface area (Å²) in [5.74, 6) is 0.316. The molecule has 0 spiro atoms. The van der Waals surface area contributed by atoms with Gasteiger partial charge in [0, 0.05) is 4.88 Å². The second kappa shape index (κ2) is 4.80. The summed E-state index contributed by atoms with van der Waals surface area (Å²) in [4.78, 5) is 27.1. The van der Waals surface area contributed by atoms with Gasteiger partial charge in [-0.15, -0.1) is 11.3 Å². The van der Waals surface area contributed by atoms with Crippen molar-refractivity contribution in [3.63, 3.8) is 0 Å². The van der Waals surface area contributed by atoms with Gasteiger partial charge < -0.3 is 10.2 Å². The van der Waals surface area contributed by atoms with Crippen LogP contribution in [-0.2, 0) is 16.1 Å². The number of piperazine rings is 1. The molecule has 0 aromatic carbocycles. The number of carbonyl (C=O) groups excluding carboxylic acids is 2. The van der Waals surface area contributed by atoms with Crippen LogP contribution in [0.3, 0.4) is 0 Å². The van der Waals surface area contributed by atoms with E-state index in [0.29, 0.717) is 16.8 Å². The molecular formula is C13H15ClN2O2S. The van der Waals surface area contributed by atoms with Crippen LogP contribution in [0.1, 0.15) is 24.6 Å². The normalized spacial score (nSPS) is 27.6. The molecular weight excluding hydrogens is 284 g/mol. The highest BCUT2D eigenvalue weighted by atomic mass is 35.5. The van der Waals surface area contributed by atoms with Gasteiger partial charge in [0.05, 0.1) is 10.9 Å². The lowest BCUT2D eigenvalue weighted by Gasteiger charge is -2.37. The Morgan fingerprint density at radius 1 is 1.42 bits per heavy atom. The highest BCUT2D eigenvalue weighted by molar-refractivity contribution is 7.16. The van der Waals surface area contributed by atoms with E-state index in [9.17, 15) is 9.59 Å². The van der Waals surface area contributed by atoms with E-state index in [4.69, 9.17) is 11.6 Å². The molecule has 2 fully saturated rings. The molecule has 102 valence electrons. The zero-order chi connectivity index (χ0) is 13.6. The molecule has 1 saturated heterocycles. The SMILES string of the molecule is CC1C(=O)NC(C2CC2)C(=O)N1Cc1ccc(Cl)s1. The third kappa shape index (κ3) is 2.49. The Balaban J connectivity index is 1.80. The van der Waals surface area contributed by atoms with Gasteiger partial charge >= 0.3 is 0 Å². The van der Waals surface area contributed by atoms with Gasteiger partial charge in [-0.1, -0.05) is 11.6 Å². The summed E-state index contributed by atoms with van der Waals surface area (Å²) in [5.41, 5.74) is 0. The van der Waals surface area contributed by atoms with E-state index >= 15 is 0 Å². The topological polar surface area (TPSA) is 49.4 Å². The smallest absolute Gasteiger partial charge is 0.246 e. The van der Waals surface area contributed by atoms with Crippen LogP contribution in [0, 0.1) is 5.92 Å². The molecule has 2 aliphatic rings. The van der Waals surface area contributed by atoms with E-state index in [0.717, 1.165) is 17.7 Å². The summed E-state index contributed by atoms with van der Waals surface area (Å²) in [7, 11) is 0. The molecule has 2 unspecified atom stereocenters. The lowest BCUT2D eigenvalue weighted by atomic mass is 10.0. The molecule has 19 heavy (non-hydrogen) atoms. The molecule has 1 aromatic heterocycles. The van der Waals surface area contributed by atoms with Gasteiger partial charge in [-0.2, -0.15) is 0 Å². The molecule has 1 aliphatic carbocycles. The maximum atomic E-state index is 12.5. The average molecular weight is 299 g/mol. The van der Waals surface area contributed by atoms with Gasteiger partial charge in [-0.25, -0.2) is 0 Å². The lowest BCUT2D eigenvalue weighted by molar-refractivity contribution is -0.149. The van der Waals surface area contributed by atoms with Gasteiger partial charge in [-0.05, 0) is 37.8 Å². The minimum atomic E-state index is -0.414. The van der Waals surface area contributed by atoms with Crippen molar-refractivity contribution in [2.75, 3.05) is 0 Å². The van der Waals surface area contributed by atoms with Crippen LogP contribution in [0.2, 0.25) is 4.34 Å². The number of halogens is 1. The molecule has 1 aliphatic heterocycles. The molecule has 0 radical (unpaired) electrons. The number of thiophene rings is 1. The van der Waals surface area contributed by atoms with E-state index in [1.807, 2.05) is 12.1 Å². The van der Waals surface area contributed by atoms with Crippen molar-refractivity contribution in [2.24, 2.45) is 5.92 Å². The summed E-state index contributed by atoms with van der Waals surface area (Å²) < 4.78 is 0.704. The van der Waals surface area contributed by atoms with Crippen LogP contribution >= 0.6 is 22.9 Å². The lowest BCUT2D eigenvalue weighted by Crippen LogP contribution is -2.62. The van der Waals surface area contributed by atoms with Crippen molar-refractivity contribution in [3.05, 3.63) is 21.3 Å². The summed E-state index contributed by atoms with van der Waals surface area (Å²) in [6.07, 6.45) is 2.06. The van der Waals surface area contributed by atoms with E-state index in [1.165, 1.54) is 11.3 Å². The largest absolute Gasteiger partial charge is 0.342 e. The Hall–Kier alpha value is -1.07. The first-order valence-corrected chi connectivity index (χ1v) is 7.61. The van der Waals surface area contributed by atoms with Gasteiger partial charge in [0.25, 0.3) is 0 Å². The molecule has 6 heteroatoms. The second-order valence-corrected chi connectivity index (χ2v) is 6.97. The monoisotopic (exact) mass is 298 g/mol. The summed E-state index contributed by atoms with van der Waals surface area (Å²) in [6.45, 7) is 2.24. The summed E-state index contributed by atoms with van der Waals surface area (Å²) >= 11 is 7.36. The fraction of sp³-hybridized carbons (Fsp3) is 0.538. The van der Waals surface area contributed by atoms with Crippen LogP contribution in [-0.4, -0.2) is 28.8 Å². The molecule has 2 heterocycles. The van der Waals surface area contributed by atoms with E-state index in [1.54, 1.807) is 11.8 Å². The number of hydrogen-bond acceptors (Lipinski definition) is 3. The fourth-order valence-electron chi connectivity index (χ4n) is 2.42. The number of rotatable bonds is 3. The van der Waals surface area contributed by atoms with Crippen LogP contribution in [0.5, 0.6) is 0 Å². The molecule has 1 aromatic rings. The second-order valence-electron chi connectivity index (χ2n) is 5.17. The zero-order valence-electron chi connectivity index (χ0n) is 10.6. The van der Waals surface area contributed by atoms with Crippen molar-refractivity contribution < 1.29 is 9.59 Å². The van der Waals surface area contributed by atoms with Crippen molar-refractivity contribution in [2.45, 2.75) is 38.4 Å². The highest BCUT2D eigenvalue weighted by Gasteiger charge is 2.45. The number of nitrogens with zero attached hydrogens (tertiary/aromatic N) is 1. The Bertz CT molecular complexity index is 526. The summed E-state index contributed by atoms with van der Waals surface area (Å²) in [5, 5.41) is 2.85. The van der Waals surface area contributed by atoms with Crippen LogP contribution < -0.4 is 5.32 Å². The van der Waals surface area contributed by atoms with Crippen LogP contribution in [0.15, 0.2) is 12.1 Å². The fourth-order valence-corrected chi connectivity index (χ4v) is 3.50. The van der Waals surface area contributed by atoms with E-state index < -0.39 is 6.04 Å². The van der Waals surface area contributed by atoms with Crippen LogP contribution in [0.4, 0.5) is 0 Å². The van der Waals surface area contributed by atoms with Gasteiger partial charge in [0.15, 0.2) is 0 Å². The van der Waals surface area contributed by atoms with Crippen molar-refractivity contribution >= 4 is 34.8 Å². The molecule has 1 saturated carbocycles. The Morgan fingerprint density at radius 3 is 2.74 bits per heavy atom. The van der Waals surface area contributed by atoms with E-state index in [2.05, 4.69) is 5.32 Å². The summed E-state index contributed by atoms with van der Waals surface area (Å²) in [6, 6.07) is 2.99. The first-order valence-electron chi connectivity index (χ1n) is 6.41. The predicted octanol–water partition coefficient (Wildman–Crippen LogP) is 2.03. The average Bonchev–Trinajstić information content (AvgIpc) is 3.13. The molecule has 0 bridgehead atoms. The Labute approximate surface area is 120 Å². The quantitative estimate of drug-likeness (QED) is 0.928. The minimum absolute atomic E-state index is 0.0409. The van der Waals surface area contributed by atoms with Gasteiger partial charge in [0.1, 0.15) is 12.1 Å². The standard InChI is InChI=1S/C13H15ClN2O2S/c1-7-12(17)15-11(8-2-3-8)13(18)16(7)6-9-4-5-10(14)19-9/h4-5,7-8,11H,2-3,6H2,1H3,(H,15,17). The molecule has 3 rings (SSSR count). The van der Waals surface area contributed by atoms with Gasteiger partial charge in [0.2, 0.25) is 11.8 Å². The first-order chi connectivity index (χ1) is 9.06. The first kappa shape index (κ1) is 12.9. The number of hydrogen-bond donors (Lipinski definition) is 1. The maximum Gasteiger partial charge on any atom is 0.246 e.